The number of amides is 4. The molecule has 66 heavy (non-hydrogen) atoms. The van der Waals surface area contributed by atoms with E-state index in [0.717, 1.165) is 32.9 Å². The first kappa shape index (κ1) is 42.8. The summed E-state index contributed by atoms with van der Waals surface area (Å²) in [6.45, 7) is 7.51. The van der Waals surface area contributed by atoms with Crippen molar-refractivity contribution in [2.24, 2.45) is 0 Å². The van der Waals surface area contributed by atoms with Crippen LogP contribution in [0.2, 0.25) is 0 Å². The Balaban J connectivity index is 0.000000166. The van der Waals surface area contributed by atoms with Crippen molar-refractivity contribution in [1.82, 2.24) is 19.9 Å². The van der Waals surface area contributed by atoms with Crippen LogP contribution in [-0.4, -0.2) is 55.1 Å². The normalized spacial score (nSPS) is 17.1. The van der Waals surface area contributed by atoms with Crippen LogP contribution in [0.4, 0.5) is 32.3 Å². The van der Waals surface area contributed by atoms with Gasteiger partial charge in [0.05, 0.1) is 22.4 Å². The zero-order valence-corrected chi connectivity index (χ0v) is 36.5. The number of fused-ring (bicyclic) bond motifs is 2. The highest BCUT2D eigenvalue weighted by molar-refractivity contribution is 6.09. The highest BCUT2D eigenvalue weighted by Crippen LogP contribution is 2.45. The molecule has 14 nitrogen and oxygen atoms in total. The summed E-state index contributed by atoms with van der Waals surface area (Å²) in [4.78, 5) is 71.6. The van der Waals surface area contributed by atoms with Crippen molar-refractivity contribution in [2.75, 3.05) is 20.4 Å². The second-order valence-corrected chi connectivity index (χ2v) is 16.8. The molecule has 2 saturated heterocycles. The molecule has 6 heterocycles. The second kappa shape index (κ2) is 17.6. The summed E-state index contributed by atoms with van der Waals surface area (Å²) < 4.78 is 11.3. The Morgan fingerprint density at radius 2 is 0.879 bits per heavy atom. The van der Waals surface area contributed by atoms with Gasteiger partial charge in [-0.15, -0.1) is 0 Å². The number of nitrogens with one attached hydrogen (secondary N) is 2. The van der Waals surface area contributed by atoms with E-state index in [4.69, 9.17) is 9.47 Å². The lowest BCUT2D eigenvalue weighted by Gasteiger charge is -2.29. The van der Waals surface area contributed by atoms with E-state index in [0.29, 0.717) is 33.9 Å². The topological polar surface area (TPSA) is 169 Å². The average molecular weight is 877 g/mol. The lowest BCUT2D eigenvalue weighted by atomic mass is 9.92. The standard InChI is InChI=1S/2C26H22N4O3/c2*1-26(2)23(19-8-4-14-27-16-19)30(25(32)33-26)20-12-10-18(11-13-20)24(31)29-21-9-3-6-17-7-5-15-28-22(17)21/h2*3-16,23H,1-2H3,(H,29,31)/t2*23-/m10/s1. The zero-order chi connectivity index (χ0) is 46.0. The van der Waals surface area contributed by atoms with E-state index in [1.54, 1.807) is 95.5 Å². The molecule has 2 atom stereocenters. The maximum atomic E-state index is 12.9. The van der Waals surface area contributed by atoms with Crippen molar-refractivity contribution in [2.45, 2.75) is 51.0 Å². The molecule has 328 valence electrons. The van der Waals surface area contributed by atoms with Gasteiger partial charge in [0, 0.05) is 70.5 Å². The van der Waals surface area contributed by atoms with Crippen molar-refractivity contribution in [3.8, 4) is 0 Å². The fourth-order valence-corrected chi connectivity index (χ4v) is 8.52. The van der Waals surface area contributed by atoms with Gasteiger partial charge in [0.2, 0.25) is 0 Å². The Bertz CT molecular complexity index is 2870. The molecule has 0 unspecified atom stereocenters. The summed E-state index contributed by atoms with van der Waals surface area (Å²) in [7, 11) is 0. The van der Waals surface area contributed by atoms with Crippen molar-refractivity contribution >= 4 is 68.6 Å². The molecule has 4 amide bonds. The number of ether oxygens (including phenoxy) is 2. The summed E-state index contributed by atoms with van der Waals surface area (Å²) in [5.74, 6) is -0.513. The monoisotopic (exact) mass is 876 g/mol. The number of benzene rings is 4. The number of para-hydroxylation sites is 2. The van der Waals surface area contributed by atoms with Crippen LogP contribution >= 0.6 is 0 Å². The SMILES string of the molecule is CC1(C)OC(=O)N(c2ccc(C(=O)Nc3cccc4cccnc34)cc2)[C@@H]1c1cccnc1.CC1(C)OC(=O)N(c2ccc(C(=O)Nc3cccc4cccnc34)cc2)[C@H]1c1cccnc1. The predicted octanol–water partition coefficient (Wildman–Crippen LogP) is 10.7. The molecular formula is C52H44N8O6. The van der Waals surface area contributed by atoms with Crippen LogP contribution < -0.4 is 20.4 Å². The van der Waals surface area contributed by atoms with Gasteiger partial charge in [-0.05, 0) is 124 Å². The highest BCUT2D eigenvalue weighted by atomic mass is 16.6. The van der Waals surface area contributed by atoms with E-state index in [2.05, 4.69) is 30.6 Å². The van der Waals surface area contributed by atoms with Gasteiger partial charge in [-0.2, -0.15) is 0 Å². The van der Waals surface area contributed by atoms with Gasteiger partial charge < -0.3 is 20.1 Å². The highest BCUT2D eigenvalue weighted by Gasteiger charge is 2.50. The summed E-state index contributed by atoms with van der Waals surface area (Å²) >= 11 is 0. The van der Waals surface area contributed by atoms with E-state index >= 15 is 0 Å². The zero-order valence-electron chi connectivity index (χ0n) is 36.5. The van der Waals surface area contributed by atoms with E-state index in [1.807, 2.05) is 113 Å². The Hall–Kier alpha value is -8.52. The Morgan fingerprint density at radius 3 is 1.26 bits per heavy atom. The summed E-state index contributed by atoms with van der Waals surface area (Å²) in [5, 5.41) is 7.76. The van der Waals surface area contributed by atoms with Crippen LogP contribution in [0.15, 0.2) is 171 Å². The third kappa shape index (κ3) is 8.46. The van der Waals surface area contributed by atoms with E-state index in [9.17, 15) is 19.2 Å². The fourth-order valence-electron chi connectivity index (χ4n) is 8.52. The number of pyridine rings is 4. The number of cyclic esters (lactones) is 2. The van der Waals surface area contributed by atoms with Crippen LogP contribution in [0.25, 0.3) is 21.8 Å². The van der Waals surface area contributed by atoms with Gasteiger partial charge in [-0.3, -0.25) is 39.3 Å². The smallest absolute Gasteiger partial charge is 0.415 e. The number of rotatable bonds is 8. The number of anilines is 4. The number of carbonyl (C=O) groups excluding carboxylic acids is 4. The largest absolute Gasteiger partial charge is 0.441 e. The van der Waals surface area contributed by atoms with E-state index < -0.39 is 23.4 Å². The molecule has 2 N–H and O–H groups in total. The van der Waals surface area contributed by atoms with Crippen LogP contribution in [0.3, 0.4) is 0 Å². The molecule has 0 radical (unpaired) electrons. The van der Waals surface area contributed by atoms with Gasteiger partial charge in [0.25, 0.3) is 11.8 Å². The number of carbonyl (C=O) groups is 4. The lowest BCUT2D eigenvalue weighted by Crippen LogP contribution is -2.33. The molecule has 10 rings (SSSR count). The first-order valence-corrected chi connectivity index (χ1v) is 21.2. The molecule has 0 saturated carbocycles. The molecule has 4 aromatic heterocycles. The number of hydrogen-bond acceptors (Lipinski definition) is 10. The molecule has 2 aliphatic rings. The molecule has 0 aliphatic carbocycles. The van der Waals surface area contributed by atoms with Crippen LogP contribution in [0, 0.1) is 0 Å². The van der Waals surface area contributed by atoms with Gasteiger partial charge >= 0.3 is 12.2 Å². The third-order valence-corrected chi connectivity index (χ3v) is 11.5. The molecule has 2 aliphatic heterocycles. The maximum absolute atomic E-state index is 12.9. The summed E-state index contributed by atoms with van der Waals surface area (Å²) in [5.41, 5.74) is 5.23. The summed E-state index contributed by atoms with van der Waals surface area (Å²) in [6, 6.07) is 39.5. The Morgan fingerprint density at radius 1 is 0.500 bits per heavy atom. The molecular weight excluding hydrogens is 833 g/mol. The molecule has 14 heteroatoms. The fraction of sp³-hybridized carbons (Fsp3) is 0.154. The third-order valence-electron chi connectivity index (χ3n) is 11.5. The van der Waals surface area contributed by atoms with E-state index in [1.165, 1.54) is 0 Å². The molecule has 4 aromatic carbocycles. The molecule has 0 spiro atoms. The minimum absolute atomic E-state index is 0.257. The quantitative estimate of drug-likeness (QED) is 0.150. The average Bonchev–Trinajstić information content (AvgIpc) is 3.73. The number of nitrogens with zero attached hydrogens (tertiary/aromatic N) is 6. The Kier molecular flexibility index (Phi) is 11.4. The molecule has 0 bridgehead atoms. The van der Waals surface area contributed by atoms with Gasteiger partial charge in [0.1, 0.15) is 23.3 Å². The van der Waals surface area contributed by atoms with Crippen molar-refractivity contribution < 1.29 is 28.7 Å². The number of aromatic nitrogens is 4. The summed E-state index contributed by atoms with van der Waals surface area (Å²) in [6.07, 6.45) is 9.38. The van der Waals surface area contributed by atoms with Crippen LogP contribution in [0.1, 0.15) is 71.6 Å². The van der Waals surface area contributed by atoms with Gasteiger partial charge in [-0.25, -0.2) is 9.59 Å². The van der Waals surface area contributed by atoms with Gasteiger partial charge in [0.15, 0.2) is 0 Å². The molecule has 8 aromatic rings. The van der Waals surface area contributed by atoms with Crippen LogP contribution in [0.5, 0.6) is 0 Å². The van der Waals surface area contributed by atoms with Crippen molar-refractivity contribution in [3.05, 3.63) is 193 Å². The molecule has 2 fully saturated rings. The minimum atomic E-state index is -0.739. The van der Waals surface area contributed by atoms with Crippen molar-refractivity contribution in [1.29, 1.82) is 0 Å². The van der Waals surface area contributed by atoms with E-state index in [-0.39, 0.29) is 23.9 Å². The predicted molar refractivity (Wildman–Crippen MR) is 252 cm³/mol. The Labute approximate surface area is 380 Å². The first-order chi connectivity index (χ1) is 31.9. The maximum Gasteiger partial charge on any atom is 0.415 e. The minimum Gasteiger partial charge on any atom is -0.441 e. The van der Waals surface area contributed by atoms with Crippen LogP contribution in [-0.2, 0) is 9.47 Å². The van der Waals surface area contributed by atoms with Gasteiger partial charge in [-0.1, -0.05) is 48.5 Å². The van der Waals surface area contributed by atoms with Crippen molar-refractivity contribution in [3.63, 3.8) is 0 Å². The lowest BCUT2D eigenvalue weighted by molar-refractivity contribution is 0.0675. The number of hydrogen-bond donors (Lipinski definition) is 2. The second-order valence-electron chi connectivity index (χ2n) is 16.8. The first-order valence-electron chi connectivity index (χ1n) is 21.2.